The Morgan fingerprint density at radius 2 is 2.10 bits per heavy atom. The van der Waals surface area contributed by atoms with Gasteiger partial charge in [-0.05, 0) is 43.2 Å². The number of nitrogens with one attached hydrogen (secondary N) is 1. The van der Waals surface area contributed by atoms with Gasteiger partial charge in [0.25, 0.3) is 0 Å². The monoisotopic (exact) mass is 284 g/mol. The predicted molar refractivity (Wildman–Crippen MR) is 84.6 cm³/mol. The Bertz CT molecular complexity index is 590. The molecule has 1 aromatic carbocycles. The first-order valence-corrected chi connectivity index (χ1v) is 7.86. The molecule has 112 valence electrons. The summed E-state index contributed by atoms with van der Waals surface area (Å²) in [4.78, 5) is 0. The second-order valence-corrected chi connectivity index (χ2v) is 5.79. The molecule has 0 bridgehead atoms. The Morgan fingerprint density at radius 1 is 1.33 bits per heavy atom. The van der Waals surface area contributed by atoms with Crippen LogP contribution in [0.4, 0.5) is 0 Å². The summed E-state index contributed by atoms with van der Waals surface area (Å²) >= 11 is 0. The largest absolute Gasteiger partial charge is 0.271 e. The number of nitrogens with two attached hydrogens (primary N) is 1. The van der Waals surface area contributed by atoms with E-state index in [1.807, 2.05) is 0 Å². The second-order valence-electron chi connectivity index (χ2n) is 5.79. The van der Waals surface area contributed by atoms with Crippen LogP contribution in [0.25, 0.3) is 0 Å². The van der Waals surface area contributed by atoms with Gasteiger partial charge in [-0.15, -0.1) is 0 Å². The van der Waals surface area contributed by atoms with Crippen LogP contribution in [0.2, 0.25) is 0 Å². The van der Waals surface area contributed by atoms with E-state index in [-0.39, 0.29) is 6.04 Å². The first-order chi connectivity index (χ1) is 10.3. The van der Waals surface area contributed by atoms with Crippen molar-refractivity contribution in [1.82, 2.24) is 15.2 Å². The number of nitrogens with zero attached hydrogens (tertiary/aromatic N) is 2. The zero-order valence-corrected chi connectivity index (χ0v) is 12.8. The maximum absolute atomic E-state index is 5.87. The molecule has 1 aliphatic carbocycles. The summed E-state index contributed by atoms with van der Waals surface area (Å²) in [5, 5.41) is 4.65. The molecule has 3 unspecified atom stereocenters. The standard InChI is InChI=1S/C17H24N4/c1-3-13-10-16(21(4-2)20-13)17(19-18)15-11-14(15)12-8-6-5-7-9-12/h5-10,14-15,17,19H,3-4,11,18H2,1-2H3. The lowest BCUT2D eigenvalue weighted by Crippen LogP contribution is -2.31. The minimum atomic E-state index is 0.183. The number of hydrogen-bond donors (Lipinski definition) is 2. The molecule has 0 spiro atoms. The first kappa shape index (κ1) is 14.3. The normalized spacial score (nSPS) is 22.2. The van der Waals surface area contributed by atoms with Crippen LogP contribution in [0.3, 0.4) is 0 Å². The molecule has 3 N–H and O–H groups in total. The van der Waals surface area contributed by atoms with Gasteiger partial charge < -0.3 is 0 Å². The molecule has 0 radical (unpaired) electrons. The lowest BCUT2D eigenvalue weighted by Gasteiger charge is -2.17. The molecule has 0 amide bonds. The van der Waals surface area contributed by atoms with Crippen LogP contribution in [-0.4, -0.2) is 9.78 Å². The third kappa shape index (κ3) is 2.74. The topological polar surface area (TPSA) is 55.9 Å². The Hall–Kier alpha value is -1.65. The van der Waals surface area contributed by atoms with Gasteiger partial charge in [-0.2, -0.15) is 5.10 Å². The van der Waals surface area contributed by atoms with Crippen molar-refractivity contribution in [2.24, 2.45) is 11.8 Å². The Morgan fingerprint density at radius 3 is 2.71 bits per heavy atom. The van der Waals surface area contributed by atoms with Gasteiger partial charge in [0.2, 0.25) is 0 Å². The van der Waals surface area contributed by atoms with Crippen molar-refractivity contribution in [2.45, 2.75) is 45.2 Å². The highest BCUT2D eigenvalue weighted by Crippen LogP contribution is 2.53. The van der Waals surface area contributed by atoms with E-state index in [9.17, 15) is 0 Å². The molecule has 3 atom stereocenters. The molecule has 1 heterocycles. The van der Waals surface area contributed by atoms with E-state index < -0.39 is 0 Å². The minimum Gasteiger partial charge on any atom is -0.271 e. The SMILES string of the molecule is CCc1cc(C(NN)C2CC2c2ccccc2)n(CC)n1. The molecule has 1 fully saturated rings. The number of rotatable bonds is 6. The molecule has 4 nitrogen and oxygen atoms in total. The van der Waals surface area contributed by atoms with Crippen LogP contribution in [0.1, 0.15) is 49.2 Å². The highest BCUT2D eigenvalue weighted by Gasteiger charge is 2.45. The van der Waals surface area contributed by atoms with Gasteiger partial charge in [-0.1, -0.05) is 37.3 Å². The number of benzene rings is 1. The molecular formula is C17H24N4. The average Bonchev–Trinajstić information content (AvgIpc) is 3.21. The van der Waals surface area contributed by atoms with Gasteiger partial charge in [0.15, 0.2) is 0 Å². The zero-order chi connectivity index (χ0) is 14.8. The maximum Gasteiger partial charge on any atom is 0.0663 e. The summed E-state index contributed by atoms with van der Waals surface area (Å²) in [6.45, 7) is 5.15. The first-order valence-electron chi connectivity index (χ1n) is 7.86. The predicted octanol–water partition coefficient (Wildman–Crippen LogP) is 2.77. The lowest BCUT2D eigenvalue weighted by atomic mass is 10.0. The summed E-state index contributed by atoms with van der Waals surface area (Å²) in [7, 11) is 0. The van der Waals surface area contributed by atoms with Crippen molar-refractivity contribution >= 4 is 0 Å². The molecule has 0 saturated heterocycles. The van der Waals surface area contributed by atoms with Crippen molar-refractivity contribution in [1.29, 1.82) is 0 Å². The molecule has 0 aliphatic heterocycles. The number of hydrogen-bond acceptors (Lipinski definition) is 3. The quantitative estimate of drug-likeness (QED) is 0.633. The third-order valence-corrected chi connectivity index (χ3v) is 4.52. The van der Waals surface area contributed by atoms with Crippen LogP contribution >= 0.6 is 0 Å². The van der Waals surface area contributed by atoms with E-state index in [0.717, 1.165) is 18.7 Å². The van der Waals surface area contributed by atoms with E-state index in [0.29, 0.717) is 11.8 Å². The van der Waals surface area contributed by atoms with E-state index in [4.69, 9.17) is 5.84 Å². The Kier molecular flexibility index (Phi) is 4.08. The molecular weight excluding hydrogens is 260 g/mol. The molecule has 1 aliphatic rings. The van der Waals surface area contributed by atoms with Gasteiger partial charge in [0.05, 0.1) is 17.4 Å². The van der Waals surface area contributed by atoms with Crippen molar-refractivity contribution in [2.75, 3.05) is 0 Å². The smallest absolute Gasteiger partial charge is 0.0663 e. The van der Waals surface area contributed by atoms with Crippen molar-refractivity contribution in [3.63, 3.8) is 0 Å². The average molecular weight is 284 g/mol. The second kappa shape index (κ2) is 6.00. The van der Waals surface area contributed by atoms with E-state index >= 15 is 0 Å². The molecule has 2 aromatic rings. The summed E-state index contributed by atoms with van der Waals surface area (Å²) in [5.41, 5.74) is 6.81. The fourth-order valence-electron chi connectivity index (χ4n) is 3.26. The van der Waals surface area contributed by atoms with Crippen molar-refractivity contribution < 1.29 is 0 Å². The highest BCUT2D eigenvalue weighted by atomic mass is 15.3. The zero-order valence-electron chi connectivity index (χ0n) is 12.8. The van der Waals surface area contributed by atoms with Crippen molar-refractivity contribution in [3.05, 3.63) is 53.3 Å². The lowest BCUT2D eigenvalue weighted by molar-refractivity contribution is 0.443. The van der Waals surface area contributed by atoms with Gasteiger partial charge in [0, 0.05) is 6.54 Å². The van der Waals surface area contributed by atoms with E-state index in [1.165, 1.54) is 17.7 Å². The third-order valence-electron chi connectivity index (χ3n) is 4.52. The van der Waals surface area contributed by atoms with Gasteiger partial charge in [-0.25, -0.2) is 0 Å². The Balaban J connectivity index is 1.82. The van der Waals surface area contributed by atoms with Crippen LogP contribution in [0, 0.1) is 5.92 Å². The molecule has 4 heteroatoms. The van der Waals surface area contributed by atoms with Crippen LogP contribution in [0.15, 0.2) is 36.4 Å². The molecule has 21 heavy (non-hydrogen) atoms. The fourth-order valence-corrected chi connectivity index (χ4v) is 3.26. The number of aromatic nitrogens is 2. The molecule has 1 aromatic heterocycles. The Labute approximate surface area is 126 Å². The molecule has 1 saturated carbocycles. The molecule has 3 rings (SSSR count). The van der Waals surface area contributed by atoms with Gasteiger partial charge in [-0.3, -0.25) is 16.0 Å². The van der Waals surface area contributed by atoms with Gasteiger partial charge >= 0.3 is 0 Å². The highest BCUT2D eigenvalue weighted by molar-refractivity contribution is 5.29. The van der Waals surface area contributed by atoms with Crippen LogP contribution < -0.4 is 11.3 Å². The van der Waals surface area contributed by atoms with Crippen LogP contribution in [-0.2, 0) is 13.0 Å². The van der Waals surface area contributed by atoms with Crippen molar-refractivity contribution in [3.8, 4) is 0 Å². The van der Waals surface area contributed by atoms with Gasteiger partial charge in [0.1, 0.15) is 0 Å². The van der Waals surface area contributed by atoms with Crippen LogP contribution in [0.5, 0.6) is 0 Å². The maximum atomic E-state index is 5.87. The number of aryl methyl sites for hydroxylation is 2. The summed E-state index contributed by atoms with van der Waals surface area (Å²) in [5.74, 6) is 7.04. The summed E-state index contributed by atoms with van der Waals surface area (Å²) < 4.78 is 2.09. The summed E-state index contributed by atoms with van der Waals surface area (Å²) in [6.07, 6.45) is 2.15. The number of hydrazine groups is 1. The minimum absolute atomic E-state index is 0.183. The van der Waals surface area contributed by atoms with E-state index in [2.05, 4.69) is 65.5 Å². The summed E-state index contributed by atoms with van der Waals surface area (Å²) in [6, 6.07) is 13.1. The fraction of sp³-hybridized carbons (Fsp3) is 0.471. The van der Waals surface area contributed by atoms with E-state index in [1.54, 1.807) is 0 Å².